The summed E-state index contributed by atoms with van der Waals surface area (Å²) in [6.07, 6.45) is 1.43. The van der Waals surface area contributed by atoms with Gasteiger partial charge in [0, 0.05) is 10.6 Å². The highest BCUT2D eigenvalue weighted by atomic mass is 35.5. The van der Waals surface area contributed by atoms with E-state index in [1.54, 1.807) is 12.1 Å². The first-order chi connectivity index (χ1) is 17.8. The van der Waals surface area contributed by atoms with Crippen LogP contribution < -0.4 is 14.9 Å². The Kier molecular flexibility index (Phi) is 8.43. The number of carbonyl (C=O) groups is 2. The Hall–Kier alpha value is -3.87. The van der Waals surface area contributed by atoms with Gasteiger partial charge in [0.25, 0.3) is 5.91 Å². The molecule has 6 nitrogen and oxygen atoms in total. The van der Waals surface area contributed by atoms with E-state index >= 15 is 0 Å². The van der Waals surface area contributed by atoms with Gasteiger partial charge in [0.15, 0.2) is 6.61 Å². The molecule has 0 fully saturated rings. The second-order valence-electron chi connectivity index (χ2n) is 8.52. The number of halogens is 2. The molecule has 0 atom stereocenters. The first-order valence-corrected chi connectivity index (χ1v) is 12.3. The van der Waals surface area contributed by atoms with Gasteiger partial charge in [-0.3, -0.25) is 4.79 Å². The third-order valence-electron chi connectivity index (χ3n) is 5.58. The lowest BCUT2D eigenvalue weighted by molar-refractivity contribution is -0.123. The highest BCUT2D eigenvalue weighted by Crippen LogP contribution is 2.29. The van der Waals surface area contributed by atoms with Crippen LogP contribution in [0.3, 0.4) is 0 Å². The van der Waals surface area contributed by atoms with Crippen molar-refractivity contribution in [2.75, 3.05) is 6.61 Å². The number of carbonyl (C=O) groups excluding carboxylic acids is 2. The number of benzene rings is 4. The van der Waals surface area contributed by atoms with Crippen molar-refractivity contribution in [1.29, 1.82) is 0 Å². The van der Waals surface area contributed by atoms with Crippen LogP contribution in [0.1, 0.15) is 41.3 Å². The maximum absolute atomic E-state index is 12.8. The maximum Gasteiger partial charge on any atom is 0.345 e. The molecule has 1 amide bonds. The second kappa shape index (κ2) is 11.9. The molecular weight excluding hydrogens is 511 g/mol. The zero-order valence-corrected chi connectivity index (χ0v) is 21.7. The summed E-state index contributed by atoms with van der Waals surface area (Å²) in [7, 11) is 0. The summed E-state index contributed by atoms with van der Waals surface area (Å²) in [5.41, 5.74) is 4.33. The molecule has 188 valence electrons. The van der Waals surface area contributed by atoms with Crippen molar-refractivity contribution in [1.82, 2.24) is 5.43 Å². The highest BCUT2D eigenvalue weighted by Gasteiger charge is 2.16. The van der Waals surface area contributed by atoms with E-state index < -0.39 is 11.9 Å². The molecule has 0 unspecified atom stereocenters. The van der Waals surface area contributed by atoms with Gasteiger partial charge in [-0.1, -0.05) is 79.5 Å². The van der Waals surface area contributed by atoms with Crippen molar-refractivity contribution in [3.63, 3.8) is 0 Å². The van der Waals surface area contributed by atoms with Crippen LogP contribution in [0.15, 0.2) is 84.0 Å². The Morgan fingerprint density at radius 3 is 2.46 bits per heavy atom. The van der Waals surface area contributed by atoms with Crippen molar-refractivity contribution >= 4 is 52.1 Å². The van der Waals surface area contributed by atoms with E-state index in [2.05, 4.69) is 24.4 Å². The maximum atomic E-state index is 12.8. The Morgan fingerprint density at radius 2 is 1.73 bits per heavy atom. The predicted octanol–water partition coefficient (Wildman–Crippen LogP) is 7.02. The monoisotopic (exact) mass is 534 g/mol. The number of hydrogen-bond donors (Lipinski definition) is 1. The van der Waals surface area contributed by atoms with Crippen LogP contribution in [0, 0.1) is 0 Å². The number of hydrazone groups is 1. The van der Waals surface area contributed by atoms with Gasteiger partial charge in [-0.05, 0) is 58.7 Å². The Labute approximate surface area is 224 Å². The van der Waals surface area contributed by atoms with Gasteiger partial charge in [-0.15, -0.1) is 0 Å². The molecule has 1 N–H and O–H groups in total. The molecular formula is C29H24Cl2N2O4. The lowest BCUT2D eigenvalue weighted by Crippen LogP contribution is -2.24. The summed E-state index contributed by atoms with van der Waals surface area (Å²) < 4.78 is 11.2. The fraction of sp³-hybridized carbons (Fsp3) is 0.138. The standard InChI is InChI=1S/C29H24Cl2N2O4/c1-18(2)19-7-11-22(12-8-19)36-17-28(34)33-32-16-25-23-6-4-3-5-20(23)9-14-27(25)37-29(35)24-13-10-21(30)15-26(24)31/h3-16,18H,17H2,1-2H3,(H,33,34)/b32-16-. The molecule has 0 aliphatic rings. The molecule has 4 aromatic carbocycles. The van der Waals surface area contributed by atoms with Gasteiger partial charge in [-0.25, -0.2) is 10.2 Å². The molecule has 0 aliphatic carbocycles. The van der Waals surface area contributed by atoms with Crippen LogP contribution in [-0.2, 0) is 4.79 Å². The SMILES string of the molecule is CC(C)c1ccc(OCC(=O)N/N=C\c2c(OC(=O)c3ccc(Cl)cc3Cl)ccc3ccccc23)cc1. The van der Waals surface area contributed by atoms with Crippen LogP contribution in [0.4, 0.5) is 0 Å². The summed E-state index contributed by atoms with van der Waals surface area (Å²) >= 11 is 12.1. The average Bonchev–Trinajstić information content (AvgIpc) is 2.88. The molecule has 0 saturated carbocycles. The minimum atomic E-state index is -0.646. The Morgan fingerprint density at radius 1 is 0.973 bits per heavy atom. The van der Waals surface area contributed by atoms with Crippen molar-refractivity contribution < 1.29 is 19.1 Å². The van der Waals surface area contributed by atoms with Crippen LogP contribution in [0.5, 0.6) is 11.5 Å². The summed E-state index contributed by atoms with van der Waals surface area (Å²) in [6, 6.07) is 23.2. The fourth-order valence-corrected chi connectivity index (χ4v) is 4.09. The highest BCUT2D eigenvalue weighted by molar-refractivity contribution is 6.36. The van der Waals surface area contributed by atoms with Crippen LogP contribution in [0.2, 0.25) is 10.0 Å². The number of esters is 1. The van der Waals surface area contributed by atoms with E-state index in [1.807, 2.05) is 54.6 Å². The second-order valence-corrected chi connectivity index (χ2v) is 9.36. The Bertz CT molecular complexity index is 1470. The first-order valence-electron chi connectivity index (χ1n) is 11.6. The summed E-state index contributed by atoms with van der Waals surface area (Å²) in [4.78, 5) is 25.1. The first kappa shape index (κ1) is 26.2. The molecule has 37 heavy (non-hydrogen) atoms. The molecule has 0 aromatic heterocycles. The van der Waals surface area contributed by atoms with Crippen LogP contribution in [-0.4, -0.2) is 24.7 Å². The van der Waals surface area contributed by atoms with Gasteiger partial charge in [0.05, 0.1) is 16.8 Å². The van der Waals surface area contributed by atoms with E-state index in [0.717, 1.165) is 10.8 Å². The van der Waals surface area contributed by atoms with E-state index in [4.69, 9.17) is 32.7 Å². The average molecular weight is 535 g/mol. The number of rotatable bonds is 8. The largest absolute Gasteiger partial charge is 0.484 e. The van der Waals surface area contributed by atoms with E-state index in [9.17, 15) is 9.59 Å². The third kappa shape index (κ3) is 6.67. The van der Waals surface area contributed by atoms with Gasteiger partial charge >= 0.3 is 5.97 Å². The molecule has 8 heteroatoms. The molecule has 0 radical (unpaired) electrons. The van der Waals surface area contributed by atoms with Gasteiger partial charge < -0.3 is 9.47 Å². The lowest BCUT2D eigenvalue weighted by Gasteiger charge is -2.11. The number of fused-ring (bicyclic) bond motifs is 1. The number of ether oxygens (including phenoxy) is 2. The smallest absolute Gasteiger partial charge is 0.345 e. The Balaban J connectivity index is 1.48. The molecule has 4 aromatic rings. The molecule has 0 aliphatic heterocycles. The molecule has 4 rings (SSSR count). The number of hydrogen-bond acceptors (Lipinski definition) is 5. The zero-order valence-electron chi connectivity index (χ0n) is 20.2. The van der Waals surface area contributed by atoms with E-state index in [1.165, 1.54) is 23.9 Å². The molecule has 0 heterocycles. The molecule has 0 spiro atoms. The summed E-state index contributed by atoms with van der Waals surface area (Å²) in [5.74, 6) is 0.179. The predicted molar refractivity (Wildman–Crippen MR) is 147 cm³/mol. The minimum absolute atomic E-state index is 0.175. The van der Waals surface area contributed by atoms with Gasteiger partial charge in [0.2, 0.25) is 0 Å². The molecule has 0 bridgehead atoms. The zero-order chi connectivity index (χ0) is 26.4. The fourth-order valence-electron chi connectivity index (χ4n) is 3.61. The van der Waals surface area contributed by atoms with E-state index in [0.29, 0.717) is 22.3 Å². The van der Waals surface area contributed by atoms with E-state index in [-0.39, 0.29) is 22.9 Å². The van der Waals surface area contributed by atoms with Gasteiger partial charge in [0.1, 0.15) is 11.5 Å². The van der Waals surface area contributed by atoms with Crippen molar-refractivity contribution in [3.8, 4) is 11.5 Å². The number of amides is 1. The normalized spacial score (nSPS) is 11.2. The van der Waals surface area contributed by atoms with Crippen LogP contribution >= 0.6 is 23.2 Å². The van der Waals surface area contributed by atoms with Crippen molar-refractivity contribution in [2.24, 2.45) is 5.10 Å². The lowest BCUT2D eigenvalue weighted by atomic mass is 10.0. The topological polar surface area (TPSA) is 77.0 Å². The minimum Gasteiger partial charge on any atom is -0.484 e. The van der Waals surface area contributed by atoms with Crippen molar-refractivity contribution in [2.45, 2.75) is 19.8 Å². The van der Waals surface area contributed by atoms with Crippen LogP contribution in [0.25, 0.3) is 10.8 Å². The van der Waals surface area contributed by atoms with Gasteiger partial charge in [-0.2, -0.15) is 5.10 Å². The quantitative estimate of drug-likeness (QED) is 0.114. The summed E-state index contributed by atoms with van der Waals surface area (Å²) in [5, 5.41) is 6.36. The summed E-state index contributed by atoms with van der Waals surface area (Å²) in [6.45, 7) is 4.01. The van der Waals surface area contributed by atoms with Crippen molar-refractivity contribution in [3.05, 3.63) is 106 Å². The third-order valence-corrected chi connectivity index (χ3v) is 6.13. The molecule has 0 saturated heterocycles. The number of nitrogens with zero attached hydrogens (tertiary/aromatic N) is 1. The number of nitrogens with one attached hydrogen (secondary N) is 1.